The first-order chi connectivity index (χ1) is 10.9. The van der Waals surface area contributed by atoms with Crippen LogP contribution in [0, 0.1) is 0 Å². The predicted molar refractivity (Wildman–Crippen MR) is 90.7 cm³/mol. The summed E-state index contributed by atoms with van der Waals surface area (Å²) in [4.78, 5) is 16.2. The Hall–Kier alpha value is -1.31. The number of nitrogens with zero attached hydrogens (tertiary/aromatic N) is 2. The molecular formula is C15H20ClN3O3S. The fourth-order valence-corrected chi connectivity index (χ4v) is 5.05. The molecule has 0 radical (unpaired) electrons. The molecular weight excluding hydrogens is 338 g/mol. The van der Waals surface area contributed by atoms with Gasteiger partial charge < -0.3 is 10.2 Å². The molecule has 0 aliphatic carbocycles. The van der Waals surface area contributed by atoms with E-state index in [9.17, 15) is 13.2 Å². The van der Waals surface area contributed by atoms with Gasteiger partial charge >= 0.3 is 6.03 Å². The second-order valence-electron chi connectivity index (χ2n) is 5.99. The highest BCUT2D eigenvalue weighted by atomic mass is 35.5. The highest BCUT2D eigenvalue weighted by Gasteiger charge is 2.34. The molecule has 2 amide bonds. The minimum Gasteiger partial charge on any atom is -0.322 e. The minimum atomic E-state index is -2.87. The molecule has 8 heteroatoms. The Morgan fingerprint density at radius 1 is 1.17 bits per heavy atom. The third-order valence-corrected chi connectivity index (χ3v) is 6.52. The van der Waals surface area contributed by atoms with Gasteiger partial charge in [-0.25, -0.2) is 13.2 Å². The minimum absolute atomic E-state index is 0.105. The Balaban J connectivity index is 1.53. The number of sulfone groups is 1. The van der Waals surface area contributed by atoms with Crippen molar-refractivity contribution in [3.63, 3.8) is 0 Å². The Bertz CT molecular complexity index is 687. The standard InChI is InChI=1S/C15H20ClN3O3S/c16-13-3-1-2-4-14(13)17-15(20)19-8-6-18(7-9-19)12-5-10-23(21,22)11-12/h1-4,12H,5-11H2,(H,17,20). The van der Waals surface area contributed by atoms with Gasteiger partial charge in [0, 0.05) is 32.2 Å². The topological polar surface area (TPSA) is 69.7 Å². The lowest BCUT2D eigenvalue weighted by atomic mass is 10.2. The normalized spacial score (nSPS) is 24.6. The van der Waals surface area contributed by atoms with Crippen molar-refractivity contribution in [2.45, 2.75) is 12.5 Å². The van der Waals surface area contributed by atoms with E-state index in [-0.39, 0.29) is 23.6 Å². The number of para-hydroxylation sites is 1. The van der Waals surface area contributed by atoms with Crippen LogP contribution in [0.5, 0.6) is 0 Å². The van der Waals surface area contributed by atoms with E-state index in [0.717, 1.165) is 0 Å². The largest absolute Gasteiger partial charge is 0.322 e. The van der Waals surface area contributed by atoms with Crippen LogP contribution in [0.4, 0.5) is 10.5 Å². The maximum Gasteiger partial charge on any atom is 0.321 e. The van der Waals surface area contributed by atoms with E-state index < -0.39 is 9.84 Å². The number of carbonyl (C=O) groups excluding carboxylic acids is 1. The lowest BCUT2D eigenvalue weighted by Gasteiger charge is -2.37. The molecule has 2 saturated heterocycles. The predicted octanol–water partition coefficient (Wildman–Crippen LogP) is 1.68. The zero-order valence-corrected chi connectivity index (χ0v) is 14.3. The summed E-state index contributed by atoms with van der Waals surface area (Å²) in [5.74, 6) is 0.531. The van der Waals surface area contributed by atoms with Crippen molar-refractivity contribution in [2.75, 3.05) is 43.0 Å². The average Bonchev–Trinajstić information content (AvgIpc) is 2.90. The summed E-state index contributed by atoms with van der Waals surface area (Å²) >= 11 is 6.04. The lowest BCUT2D eigenvalue weighted by Crippen LogP contribution is -2.53. The molecule has 2 aliphatic rings. The molecule has 6 nitrogen and oxygen atoms in total. The highest BCUT2D eigenvalue weighted by molar-refractivity contribution is 7.91. The molecule has 2 aliphatic heterocycles. The van der Waals surface area contributed by atoms with Crippen LogP contribution in [0.15, 0.2) is 24.3 Å². The number of hydrogen-bond donors (Lipinski definition) is 1. The SMILES string of the molecule is O=C(Nc1ccccc1Cl)N1CCN(C2CCS(=O)(=O)C2)CC1. The molecule has 1 N–H and O–H groups in total. The van der Waals surface area contributed by atoms with Crippen molar-refractivity contribution in [1.82, 2.24) is 9.80 Å². The fourth-order valence-electron chi connectivity index (χ4n) is 3.11. The Morgan fingerprint density at radius 3 is 2.48 bits per heavy atom. The average molecular weight is 358 g/mol. The number of piperazine rings is 1. The second-order valence-corrected chi connectivity index (χ2v) is 8.63. The Kier molecular flexibility index (Phi) is 4.79. The summed E-state index contributed by atoms with van der Waals surface area (Å²) in [6.07, 6.45) is 0.703. The van der Waals surface area contributed by atoms with Gasteiger partial charge in [0.15, 0.2) is 9.84 Å². The van der Waals surface area contributed by atoms with Crippen molar-refractivity contribution in [2.24, 2.45) is 0 Å². The van der Waals surface area contributed by atoms with Gasteiger partial charge in [-0.1, -0.05) is 23.7 Å². The van der Waals surface area contributed by atoms with Gasteiger partial charge in [0.1, 0.15) is 0 Å². The highest BCUT2D eigenvalue weighted by Crippen LogP contribution is 2.22. The van der Waals surface area contributed by atoms with Gasteiger partial charge in [-0.3, -0.25) is 4.90 Å². The third-order valence-electron chi connectivity index (χ3n) is 4.44. The molecule has 126 valence electrons. The monoisotopic (exact) mass is 357 g/mol. The van der Waals surface area contributed by atoms with E-state index in [1.165, 1.54) is 0 Å². The summed E-state index contributed by atoms with van der Waals surface area (Å²) in [7, 11) is -2.87. The molecule has 2 fully saturated rings. The Morgan fingerprint density at radius 2 is 1.87 bits per heavy atom. The van der Waals surface area contributed by atoms with Crippen LogP contribution < -0.4 is 5.32 Å². The van der Waals surface area contributed by atoms with Crippen molar-refractivity contribution in [3.8, 4) is 0 Å². The molecule has 3 rings (SSSR count). The number of amides is 2. The second kappa shape index (κ2) is 6.67. The van der Waals surface area contributed by atoms with Crippen LogP contribution in [0.2, 0.25) is 5.02 Å². The number of anilines is 1. The van der Waals surface area contributed by atoms with Gasteiger partial charge in [-0.2, -0.15) is 0 Å². The quantitative estimate of drug-likeness (QED) is 0.874. The van der Waals surface area contributed by atoms with Crippen molar-refractivity contribution in [1.29, 1.82) is 0 Å². The van der Waals surface area contributed by atoms with Gasteiger partial charge in [0.2, 0.25) is 0 Å². The summed E-state index contributed by atoms with van der Waals surface area (Å²) in [5.41, 5.74) is 0.600. The number of rotatable bonds is 2. The maximum atomic E-state index is 12.3. The molecule has 0 bridgehead atoms. The van der Waals surface area contributed by atoms with Crippen LogP contribution >= 0.6 is 11.6 Å². The van der Waals surface area contributed by atoms with Gasteiger partial charge in [0.25, 0.3) is 0 Å². The van der Waals surface area contributed by atoms with Crippen LogP contribution in [-0.2, 0) is 9.84 Å². The first-order valence-corrected chi connectivity index (χ1v) is 9.89. The molecule has 0 aromatic heterocycles. The molecule has 2 heterocycles. The van der Waals surface area contributed by atoms with E-state index in [0.29, 0.717) is 43.3 Å². The van der Waals surface area contributed by atoms with E-state index >= 15 is 0 Å². The summed E-state index contributed by atoms with van der Waals surface area (Å²) in [6.45, 7) is 2.59. The molecule has 23 heavy (non-hydrogen) atoms. The number of benzene rings is 1. The van der Waals surface area contributed by atoms with E-state index in [2.05, 4.69) is 10.2 Å². The summed E-state index contributed by atoms with van der Waals surface area (Å²) < 4.78 is 23.2. The van der Waals surface area contributed by atoms with Crippen molar-refractivity contribution >= 4 is 33.2 Å². The Labute approximate surface area is 141 Å². The molecule has 1 aromatic carbocycles. The lowest BCUT2D eigenvalue weighted by molar-refractivity contribution is 0.121. The van der Waals surface area contributed by atoms with Crippen LogP contribution in [0.25, 0.3) is 0 Å². The number of carbonyl (C=O) groups is 1. The fraction of sp³-hybridized carbons (Fsp3) is 0.533. The number of urea groups is 1. The number of hydrogen-bond acceptors (Lipinski definition) is 4. The first kappa shape index (κ1) is 16.5. The smallest absolute Gasteiger partial charge is 0.321 e. The number of halogens is 1. The van der Waals surface area contributed by atoms with Gasteiger partial charge in [-0.15, -0.1) is 0 Å². The maximum absolute atomic E-state index is 12.3. The van der Waals surface area contributed by atoms with Crippen LogP contribution in [0.1, 0.15) is 6.42 Å². The molecule has 1 atom stereocenters. The molecule has 0 spiro atoms. The summed E-state index contributed by atoms with van der Waals surface area (Å²) in [5, 5.41) is 3.33. The van der Waals surface area contributed by atoms with Crippen molar-refractivity contribution in [3.05, 3.63) is 29.3 Å². The third kappa shape index (κ3) is 3.97. The number of nitrogens with one attached hydrogen (secondary N) is 1. The van der Waals surface area contributed by atoms with Crippen LogP contribution in [-0.4, -0.2) is 68.0 Å². The van der Waals surface area contributed by atoms with Gasteiger partial charge in [0.05, 0.1) is 22.2 Å². The van der Waals surface area contributed by atoms with Gasteiger partial charge in [-0.05, 0) is 18.6 Å². The van der Waals surface area contributed by atoms with E-state index in [1.54, 1.807) is 17.0 Å². The molecule has 1 aromatic rings. The molecule has 0 saturated carbocycles. The summed E-state index contributed by atoms with van der Waals surface area (Å²) in [6, 6.07) is 7.06. The van der Waals surface area contributed by atoms with Crippen molar-refractivity contribution < 1.29 is 13.2 Å². The van der Waals surface area contributed by atoms with E-state index in [4.69, 9.17) is 11.6 Å². The van der Waals surface area contributed by atoms with Crippen LogP contribution in [0.3, 0.4) is 0 Å². The van der Waals surface area contributed by atoms with E-state index in [1.807, 2.05) is 12.1 Å². The first-order valence-electron chi connectivity index (χ1n) is 7.69. The zero-order chi connectivity index (χ0) is 16.4. The zero-order valence-electron chi connectivity index (χ0n) is 12.7. The molecule has 1 unspecified atom stereocenters.